The van der Waals surface area contributed by atoms with E-state index >= 15 is 0 Å². The fourth-order valence-corrected chi connectivity index (χ4v) is 2.44. The van der Waals surface area contributed by atoms with E-state index in [9.17, 15) is 22.0 Å². The molecule has 0 radical (unpaired) electrons. The predicted octanol–water partition coefficient (Wildman–Crippen LogP) is 1.32. The molecule has 0 aliphatic heterocycles. The Morgan fingerprint density at radius 2 is 2.12 bits per heavy atom. The maximum absolute atomic E-state index is 12.9. The van der Waals surface area contributed by atoms with Crippen molar-refractivity contribution in [2.45, 2.75) is 24.5 Å². The summed E-state index contributed by atoms with van der Waals surface area (Å²) in [5, 5.41) is -4.92. The van der Waals surface area contributed by atoms with E-state index in [0.717, 1.165) is 19.3 Å². The van der Waals surface area contributed by atoms with Gasteiger partial charge in [-0.25, -0.2) is 4.79 Å². The van der Waals surface area contributed by atoms with E-state index in [4.69, 9.17) is 4.55 Å². The topological polar surface area (TPSA) is 80.7 Å². The van der Waals surface area contributed by atoms with Crippen molar-refractivity contribution < 1.29 is 31.3 Å². The van der Waals surface area contributed by atoms with Gasteiger partial charge in [0.1, 0.15) is 5.76 Å². The number of alkyl halides is 2. The first-order valence-electron chi connectivity index (χ1n) is 5.00. The SMILES string of the molecule is O=C(OC1=CC2CCC1C2)C(F)(F)S(=O)(=O)O. The molecule has 1 saturated carbocycles. The molecule has 2 bridgehead atoms. The summed E-state index contributed by atoms with van der Waals surface area (Å²) in [5.41, 5.74) is 0. The van der Waals surface area contributed by atoms with Crippen molar-refractivity contribution in [1.82, 2.24) is 0 Å². The van der Waals surface area contributed by atoms with Crippen molar-refractivity contribution in [2.24, 2.45) is 11.8 Å². The van der Waals surface area contributed by atoms with Crippen LogP contribution in [0.4, 0.5) is 8.78 Å². The van der Waals surface area contributed by atoms with Crippen LogP contribution >= 0.6 is 0 Å². The monoisotopic (exact) mass is 268 g/mol. The first-order valence-corrected chi connectivity index (χ1v) is 6.44. The molecular formula is C9H10F2O5S. The first kappa shape index (κ1) is 12.4. The maximum Gasteiger partial charge on any atom is 0.466 e. The van der Waals surface area contributed by atoms with Crippen molar-refractivity contribution in [3.05, 3.63) is 11.8 Å². The molecule has 0 aromatic heterocycles. The molecule has 0 saturated heterocycles. The average Bonchev–Trinajstić information content (AvgIpc) is 2.76. The Labute approximate surface area is 96.2 Å². The van der Waals surface area contributed by atoms with Gasteiger partial charge in [0.15, 0.2) is 0 Å². The third-order valence-electron chi connectivity index (χ3n) is 3.05. The van der Waals surface area contributed by atoms with Crippen molar-refractivity contribution in [1.29, 1.82) is 0 Å². The minimum Gasteiger partial charge on any atom is -0.426 e. The summed E-state index contributed by atoms with van der Waals surface area (Å²) in [5.74, 6) is -2.04. The second kappa shape index (κ2) is 3.74. The van der Waals surface area contributed by atoms with Gasteiger partial charge in [-0.1, -0.05) is 0 Å². The largest absolute Gasteiger partial charge is 0.466 e. The number of esters is 1. The minimum atomic E-state index is -5.79. The lowest BCUT2D eigenvalue weighted by Gasteiger charge is -2.16. The normalized spacial score (nSPS) is 28.1. The van der Waals surface area contributed by atoms with Crippen LogP contribution < -0.4 is 0 Å². The van der Waals surface area contributed by atoms with Crippen LogP contribution in [0.15, 0.2) is 11.8 Å². The van der Waals surface area contributed by atoms with Crippen LogP contribution in [0.3, 0.4) is 0 Å². The zero-order valence-electron chi connectivity index (χ0n) is 8.60. The molecule has 17 heavy (non-hydrogen) atoms. The van der Waals surface area contributed by atoms with Gasteiger partial charge in [-0.15, -0.1) is 0 Å². The van der Waals surface area contributed by atoms with Gasteiger partial charge in [0, 0.05) is 5.92 Å². The van der Waals surface area contributed by atoms with Crippen LogP contribution in [0, 0.1) is 11.8 Å². The van der Waals surface area contributed by atoms with Gasteiger partial charge in [-0.05, 0) is 31.3 Å². The van der Waals surface area contributed by atoms with E-state index in [0.29, 0.717) is 0 Å². The fourth-order valence-electron chi connectivity index (χ4n) is 2.18. The molecule has 0 aromatic rings. The van der Waals surface area contributed by atoms with Crippen molar-refractivity contribution in [3.8, 4) is 0 Å². The number of allylic oxidation sites excluding steroid dienone is 2. The van der Waals surface area contributed by atoms with Gasteiger partial charge in [0.2, 0.25) is 0 Å². The standard InChI is InChI=1S/C9H10F2O5S/c10-9(11,17(13,14)15)8(12)16-7-4-5-1-2-6(7)3-5/h4-6H,1-3H2,(H,13,14,15). The number of rotatable bonds is 3. The molecule has 1 fully saturated rings. The second-order valence-electron chi connectivity index (χ2n) is 4.22. The first-order chi connectivity index (χ1) is 7.72. The molecule has 1 N–H and O–H groups in total. The molecule has 0 aromatic carbocycles. The molecule has 5 nitrogen and oxygen atoms in total. The molecule has 0 heterocycles. The van der Waals surface area contributed by atoms with Crippen LogP contribution in [0.1, 0.15) is 19.3 Å². The molecule has 0 spiro atoms. The summed E-state index contributed by atoms with van der Waals surface area (Å²) in [6.45, 7) is 0. The minimum absolute atomic E-state index is 0.0922. The number of hydrogen-bond acceptors (Lipinski definition) is 4. The van der Waals surface area contributed by atoms with E-state index in [2.05, 4.69) is 4.74 Å². The number of carbonyl (C=O) groups excluding carboxylic acids is 1. The summed E-state index contributed by atoms with van der Waals surface area (Å²) in [6, 6.07) is 0. The molecule has 2 rings (SSSR count). The Bertz CT molecular complexity index is 482. The Kier molecular flexibility index (Phi) is 2.74. The lowest BCUT2D eigenvalue weighted by Crippen LogP contribution is -2.39. The fraction of sp³-hybridized carbons (Fsp3) is 0.667. The molecule has 0 amide bonds. The zero-order valence-corrected chi connectivity index (χ0v) is 9.41. The summed E-state index contributed by atoms with van der Waals surface area (Å²) in [6.07, 6.45) is 3.95. The number of fused-ring (bicyclic) bond motifs is 2. The number of halogens is 2. The van der Waals surface area contributed by atoms with Crippen LogP contribution in [0.2, 0.25) is 0 Å². The number of ether oxygens (including phenoxy) is 1. The highest BCUT2D eigenvalue weighted by atomic mass is 32.2. The smallest absolute Gasteiger partial charge is 0.426 e. The highest BCUT2D eigenvalue weighted by molar-refractivity contribution is 7.87. The average molecular weight is 268 g/mol. The molecule has 2 unspecified atom stereocenters. The van der Waals surface area contributed by atoms with E-state index in [-0.39, 0.29) is 17.6 Å². The van der Waals surface area contributed by atoms with Gasteiger partial charge in [0.05, 0.1) is 0 Å². The Morgan fingerprint density at radius 3 is 2.53 bits per heavy atom. The summed E-state index contributed by atoms with van der Waals surface area (Å²) >= 11 is 0. The summed E-state index contributed by atoms with van der Waals surface area (Å²) in [4.78, 5) is 11.0. The van der Waals surface area contributed by atoms with Gasteiger partial charge >= 0.3 is 21.3 Å². The van der Waals surface area contributed by atoms with Crippen molar-refractivity contribution in [2.75, 3.05) is 0 Å². The van der Waals surface area contributed by atoms with E-state index in [1.165, 1.54) is 0 Å². The van der Waals surface area contributed by atoms with Crippen molar-refractivity contribution in [3.63, 3.8) is 0 Å². The number of carbonyl (C=O) groups is 1. The Morgan fingerprint density at radius 1 is 1.47 bits per heavy atom. The van der Waals surface area contributed by atoms with Crippen molar-refractivity contribution >= 4 is 16.1 Å². The molecule has 8 heteroatoms. The van der Waals surface area contributed by atoms with E-state index in [1.807, 2.05) is 0 Å². The van der Waals surface area contributed by atoms with Gasteiger partial charge in [0.25, 0.3) is 0 Å². The van der Waals surface area contributed by atoms with Gasteiger partial charge < -0.3 is 4.74 Å². The lowest BCUT2D eigenvalue weighted by atomic mass is 10.1. The maximum atomic E-state index is 12.9. The highest BCUT2D eigenvalue weighted by Crippen LogP contribution is 2.44. The van der Waals surface area contributed by atoms with Crippen LogP contribution in [-0.4, -0.2) is 24.2 Å². The zero-order chi connectivity index (χ0) is 12.8. The van der Waals surface area contributed by atoms with E-state index < -0.39 is 21.3 Å². The lowest BCUT2D eigenvalue weighted by molar-refractivity contribution is -0.157. The molecule has 2 atom stereocenters. The van der Waals surface area contributed by atoms with Crippen LogP contribution in [-0.2, 0) is 19.6 Å². The molecular weight excluding hydrogens is 258 g/mol. The molecule has 2 aliphatic rings. The van der Waals surface area contributed by atoms with Gasteiger partial charge in [-0.3, -0.25) is 4.55 Å². The van der Waals surface area contributed by atoms with E-state index in [1.54, 1.807) is 6.08 Å². The quantitative estimate of drug-likeness (QED) is 0.616. The third-order valence-corrected chi connectivity index (χ3v) is 3.86. The summed E-state index contributed by atoms with van der Waals surface area (Å²) < 4.78 is 59.0. The molecule has 96 valence electrons. The third kappa shape index (κ3) is 2.06. The predicted molar refractivity (Wildman–Crippen MR) is 51.5 cm³/mol. The second-order valence-corrected chi connectivity index (χ2v) is 5.68. The van der Waals surface area contributed by atoms with Crippen LogP contribution in [0.25, 0.3) is 0 Å². The van der Waals surface area contributed by atoms with Gasteiger partial charge in [-0.2, -0.15) is 17.2 Å². The number of hydrogen-bond donors (Lipinski definition) is 1. The van der Waals surface area contributed by atoms with Crippen LogP contribution in [0.5, 0.6) is 0 Å². The Hall–Kier alpha value is -1.02. The summed E-state index contributed by atoms with van der Waals surface area (Å²) in [7, 11) is -5.79. The Balaban J connectivity index is 2.11. The highest BCUT2D eigenvalue weighted by Gasteiger charge is 2.55. The molecule has 2 aliphatic carbocycles.